The molecule has 1 heterocycles. The monoisotopic (exact) mass is 277 g/mol. The Kier molecular flexibility index (Phi) is 3.63. The molecule has 2 N–H and O–H groups in total. The van der Waals surface area contributed by atoms with Crippen LogP contribution in [0.25, 0.3) is 0 Å². The summed E-state index contributed by atoms with van der Waals surface area (Å²) in [4.78, 5) is 1.37. The van der Waals surface area contributed by atoms with E-state index in [2.05, 4.69) is 31.2 Å². The van der Waals surface area contributed by atoms with Crippen LogP contribution in [0.15, 0.2) is 29.2 Å². The minimum absolute atomic E-state index is 0.269. The molecule has 0 bridgehead atoms. The largest absolute Gasteiger partial charge is 0.381 e. The Balaban J connectivity index is 1.69. The Morgan fingerprint density at radius 2 is 2.00 bits per heavy atom. The van der Waals surface area contributed by atoms with Crippen molar-refractivity contribution in [2.75, 3.05) is 19.8 Å². The van der Waals surface area contributed by atoms with Gasteiger partial charge in [-0.15, -0.1) is 11.8 Å². The van der Waals surface area contributed by atoms with Gasteiger partial charge < -0.3 is 10.5 Å². The Hall–Kier alpha value is -0.510. The molecular weight excluding hydrogens is 254 g/mol. The third-order valence-corrected chi connectivity index (χ3v) is 6.02. The molecule has 19 heavy (non-hydrogen) atoms. The van der Waals surface area contributed by atoms with Crippen LogP contribution in [0.5, 0.6) is 0 Å². The molecule has 1 aliphatic heterocycles. The van der Waals surface area contributed by atoms with Gasteiger partial charge in [-0.25, -0.2) is 0 Å². The summed E-state index contributed by atoms with van der Waals surface area (Å²) in [5.74, 6) is 0. The summed E-state index contributed by atoms with van der Waals surface area (Å²) < 4.78 is 5.77. The van der Waals surface area contributed by atoms with Crippen molar-refractivity contribution in [3.05, 3.63) is 29.8 Å². The van der Waals surface area contributed by atoms with E-state index in [1.165, 1.54) is 36.1 Å². The summed E-state index contributed by atoms with van der Waals surface area (Å²) in [6, 6.07) is 8.78. The van der Waals surface area contributed by atoms with Crippen LogP contribution in [0.4, 0.5) is 0 Å². The number of ether oxygens (including phenoxy) is 1. The van der Waals surface area contributed by atoms with Crippen LogP contribution in [0.1, 0.15) is 31.2 Å². The predicted octanol–water partition coefficient (Wildman–Crippen LogP) is 3.38. The smallest absolute Gasteiger partial charge is 0.0471 e. The van der Waals surface area contributed by atoms with Gasteiger partial charge in [-0.1, -0.05) is 17.7 Å². The molecule has 1 aromatic carbocycles. The highest BCUT2D eigenvalue weighted by atomic mass is 32.2. The molecule has 0 unspecified atom stereocenters. The lowest BCUT2D eigenvalue weighted by Gasteiger charge is -2.57. The molecule has 3 rings (SSSR count). The fourth-order valence-corrected chi connectivity index (χ4v) is 5.39. The number of benzene rings is 1. The van der Waals surface area contributed by atoms with Crippen LogP contribution in [-0.4, -0.2) is 24.5 Å². The first-order valence-corrected chi connectivity index (χ1v) is 8.01. The van der Waals surface area contributed by atoms with Crippen molar-refractivity contribution in [3.63, 3.8) is 0 Å². The molecule has 104 valence electrons. The van der Waals surface area contributed by atoms with Crippen molar-refractivity contribution in [3.8, 4) is 0 Å². The summed E-state index contributed by atoms with van der Waals surface area (Å²) in [7, 11) is 0. The maximum Gasteiger partial charge on any atom is 0.0471 e. The van der Waals surface area contributed by atoms with Crippen LogP contribution in [0.3, 0.4) is 0 Å². The fraction of sp³-hybridized carbons (Fsp3) is 0.625. The van der Waals surface area contributed by atoms with Crippen molar-refractivity contribution in [1.29, 1.82) is 0 Å². The van der Waals surface area contributed by atoms with Gasteiger partial charge in [0.05, 0.1) is 0 Å². The van der Waals surface area contributed by atoms with Crippen LogP contribution in [-0.2, 0) is 4.74 Å². The quantitative estimate of drug-likeness (QED) is 0.920. The molecule has 0 amide bonds. The van der Waals surface area contributed by atoms with Crippen LogP contribution < -0.4 is 5.73 Å². The molecule has 1 aliphatic carbocycles. The predicted molar refractivity (Wildman–Crippen MR) is 80.5 cm³/mol. The Bertz CT molecular complexity index is 446. The number of thioether (sulfide) groups is 1. The molecule has 3 heteroatoms. The zero-order valence-electron chi connectivity index (χ0n) is 11.7. The highest BCUT2D eigenvalue weighted by Gasteiger charge is 2.54. The third-order valence-electron chi connectivity index (χ3n) is 4.64. The van der Waals surface area contributed by atoms with Gasteiger partial charge in [-0.2, -0.15) is 0 Å². The number of nitrogens with two attached hydrogens (primary N) is 1. The van der Waals surface area contributed by atoms with Gasteiger partial charge in [-0.3, -0.25) is 0 Å². The van der Waals surface area contributed by atoms with E-state index in [1.807, 2.05) is 11.8 Å². The van der Waals surface area contributed by atoms with E-state index in [-0.39, 0.29) is 4.75 Å². The average molecular weight is 277 g/mol. The summed E-state index contributed by atoms with van der Waals surface area (Å²) in [6.45, 7) is 4.82. The molecule has 2 nitrogen and oxygen atoms in total. The van der Waals surface area contributed by atoms with Crippen molar-refractivity contribution < 1.29 is 4.74 Å². The molecule has 1 saturated heterocycles. The van der Waals surface area contributed by atoms with Crippen LogP contribution in [0.2, 0.25) is 0 Å². The second kappa shape index (κ2) is 5.12. The van der Waals surface area contributed by atoms with Gasteiger partial charge in [-0.05, 0) is 50.2 Å². The van der Waals surface area contributed by atoms with E-state index in [0.29, 0.717) is 5.41 Å². The zero-order chi connectivity index (χ0) is 13.3. The van der Waals surface area contributed by atoms with Gasteiger partial charge in [0.2, 0.25) is 0 Å². The van der Waals surface area contributed by atoms with Gasteiger partial charge >= 0.3 is 0 Å². The summed E-state index contributed by atoms with van der Waals surface area (Å²) in [5, 5.41) is 0. The number of hydrogen-bond acceptors (Lipinski definition) is 3. The van der Waals surface area contributed by atoms with E-state index < -0.39 is 0 Å². The maximum absolute atomic E-state index is 6.09. The highest BCUT2D eigenvalue weighted by Crippen LogP contribution is 2.61. The fourth-order valence-electron chi connectivity index (χ4n) is 3.66. The molecule has 0 aromatic heterocycles. The molecule has 0 atom stereocenters. The molecular formula is C16H23NOS. The number of rotatable bonds is 3. The van der Waals surface area contributed by atoms with Crippen molar-refractivity contribution in [2.45, 2.75) is 42.2 Å². The first-order chi connectivity index (χ1) is 9.15. The molecule has 1 saturated carbocycles. The van der Waals surface area contributed by atoms with E-state index in [0.717, 1.165) is 19.8 Å². The molecule has 2 fully saturated rings. The molecule has 2 aliphatic rings. The van der Waals surface area contributed by atoms with Gasteiger partial charge in [0.25, 0.3) is 0 Å². The molecule has 1 aromatic rings. The zero-order valence-corrected chi connectivity index (χ0v) is 12.5. The van der Waals surface area contributed by atoms with E-state index in [1.54, 1.807) is 0 Å². The van der Waals surface area contributed by atoms with Crippen molar-refractivity contribution in [2.24, 2.45) is 11.1 Å². The molecule has 0 radical (unpaired) electrons. The van der Waals surface area contributed by atoms with Gasteiger partial charge in [0.1, 0.15) is 0 Å². The van der Waals surface area contributed by atoms with Gasteiger partial charge in [0, 0.05) is 29.4 Å². The van der Waals surface area contributed by atoms with Crippen molar-refractivity contribution >= 4 is 11.8 Å². The van der Waals surface area contributed by atoms with E-state index in [4.69, 9.17) is 10.5 Å². The lowest BCUT2D eigenvalue weighted by Crippen LogP contribution is -2.55. The highest BCUT2D eigenvalue weighted by molar-refractivity contribution is 8.00. The minimum Gasteiger partial charge on any atom is -0.381 e. The van der Waals surface area contributed by atoms with E-state index in [9.17, 15) is 0 Å². The molecule has 1 spiro atoms. The average Bonchev–Trinajstić information content (AvgIpc) is 2.38. The summed E-state index contributed by atoms with van der Waals surface area (Å²) in [5.41, 5.74) is 7.96. The lowest BCUT2D eigenvalue weighted by atomic mass is 9.57. The van der Waals surface area contributed by atoms with E-state index >= 15 is 0 Å². The van der Waals surface area contributed by atoms with Crippen molar-refractivity contribution in [1.82, 2.24) is 0 Å². The summed E-state index contributed by atoms with van der Waals surface area (Å²) in [6.07, 6.45) is 4.98. The normalized spacial score (nSPS) is 24.1. The first-order valence-electron chi connectivity index (χ1n) is 7.19. The second-order valence-corrected chi connectivity index (χ2v) is 7.81. The topological polar surface area (TPSA) is 35.2 Å². The Labute approximate surface area is 120 Å². The minimum atomic E-state index is 0.269. The maximum atomic E-state index is 6.09. The second-order valence-electron chi connectivity index (χ2n) is 6.27. The van der Waals surface area contributed by atoms with Gasteiger partial charge in [0.15, 0.2) is 0 Å². The van der Waals surface area contributed by atoms with Crippen LogP contribution in [0, 0.1) is 12.3 Å². The first kappa shape index (κ1) is 13.5. The summed E-state index contributed by atoms with van der Waals surface area (Å²) >= 11 is 1.99. The third kappa shape index (κ3) is 2.69. The number of aryl methyl sites for hydroxylation is 1. The lowest BCUT2D eigenvalue weighted by molar-refractivity contribution is -0.0451. The SMILES string of the molecule is Cc1cccc(SC2(CN)CC3(CCOCC3)C2)c1. The Morgan fingerprint density at radius 3 is 2.63 bits per heavy atom. The standard InChI is InChI=1S/C16H23NOS/c1-13-3-2-4-14(9-13)19-16(12-17)10-15(11-16)5-7-18-8-6-15/h2-4,9H,5-8,10-12,17H2,1H3. The number of hydrogen-bond donors (Lipinski definition) is 1. The van der Waals surface area contributed by atoms with Crippen LogP contribution >= 0.6 is 11.8 Å². The Morgan fingerprint density at radius 1 is 1.26 bits per heavy atom.